The maximum absolute atomic E-state index is 5.67. The van der Waals surface area contributed by atoms with E-state index in [1.807, 2.05) is 26.1 Å². The van der Waals surface area contributed by atoms with Crippen LogP contribution < -0.4 is 10.5 Å². The lowest BCUT2D eigenvalue weighted by molar-refractivity contribution is 0.221. The second-order valence-electron chi connectivity index (χ2n) is 4.75. The molecule has 0 aliphatic heterocycles. The fourth-order valence-corrected chi connectivity index (χ4v) is 1.69. The SMILES string of the molecule is CCc1ccc(Cc2nc(N)nc(OC(C)C)n2)nc1. The van der Waals surface area contributed by atoms with Gasteiger partial charge in [-0.3, -0.25) is 4.98 Å². The highest BCUT2D eigenvalue weighted by Gasteiger charge is 2.08. The number of hydrogen-bond donors (Lipinski definition) is 1. The molecule has 0 unspecified atom stereocenters. The van der Waals surface area contributed by atoms with Gasteiger partial charge >= 0.3 is 6.01 Å². The van der Waals surface area contributed by atoms with E-state index in [1.54, 1.807) is 0 Å². The zero-order valence-electron chi connectivity index (χ0n) is 12.0. The van der Waals surface area contributed by atoms with E-state index >= 15 is 0 Å². The van der Waals surface area contributed by atoms with E-state index in [2.05, 4.69) is 32.9 Å². The van der Waals surface area contributed by atoms with Crippen LogP contribution in [0.1, 0.15) is 37.9 Å². The molecule has 0 aromatic carbocycles. The normalized spacial score (nSPS) is 10.8. The Morgan fingerprint density at radius 3 is 2.60 bits per heavy atom. The van der Waals surface area contributed by atoms with Crippen molar-refractivity contribution in [2.45, 2.75) is 39.7 Å². The van der Waals surface area contributed by atoms with E-state index in [0.29, 0.717) is 12.2 Å². The molecule has 0 aliphatic carbocycles. The second kappa shape index (κ2) is 6.27. The summed E-state index contributed by atoms with van der Waals surface area (Å²) in [6.07, 6.45) is 3.33. The summed E-state index contributed by atoms with van der Waals surface area (Å²) in [5.41, 5.74) is 7.77. The van der Waals surface area contributed by atoms with Gasteiger partial charge in [-0.05, 0) is 31.9 Å². The minimum absolute atomic E-state index is 0.00777. The Bertz CT molecular complexity index is 568. The number of nitrogens with two attached hydrogens (primary N) is 1. The molecule has 0 aliphatic rings. The number of nitrogen functional groups attached to an aromatic ring is 1. The van der Waals surface area contributed by atoms with Gasteiger partial charge in [0.25, 0.3) is 0 Å². The Labute approximate surface area is 118 Å². The molecule has 0 spiro atoms. The molecule has 2 heterocycles. The minimum Gasteiger partial charge on any atom is -0.461 e. The molecular formula is C14H19N5O. The van der Waals surface area contributed by atoms with Gasteiger partial charge in [0, 0.05) is 11.9 Å². The molecule has 2 rings (SSSR count). The van der Waals surface area contributed by atoms with Crippen LogP contribution in [0.5, 0.6) is 6.01 Å². The first-order chi connectivity index (χ1) is 9.56. The Morgan fingerprint density at radius 2 is 2.00 bits per heavy atom. The van der Waals surface area contributed by atoms with Crippen LogP contribution in [0.2, 0.25) is 0 Å². The van der Waals surface area contributed by atoms with Gasteiger partial charge in [0.1, 0.15) is 5.82 Å². The van der Waals surface area contributed by atoms with Gasteiger partial charge in [0.15, 0.2) is 0 Å². The van der Waals surface area contributed by atoms with Crippen LogP contribution in [0, 0.1) is 0 Å². The number of nitrogens with zero attached hydrogens (tertiary/aromatic N) is 4. The van der Waals surface area contributed by atoms with E-state index < -0.39 is 0 Å². The summed E-state index contributed by atoms with van der Waals surface area (Å²) in [4.78, 5) is 16.7. The van der Waals surface area contributed by atoms with Gasteiger partial charge in [-0.25, -0.2) is 0 Å². The number of ether oxygens (including phenoxy) is 1. The van der Waals surface area contributed by atoms with Crippen molar-refractivity contribution < 1.29 is 4.74 Å². The third-order valence-corrected chi connectivity index (χ3v) is 2.65. The molecule has 2 aromatic rings. The molecule has 0 atom stereocenters. The summed E-state index contributed by atoms with van der Waals surface area (Å²) in [6, 6.07) is 4.29. The van der Waals surface area contributed by atoms with E-state index in [4.69, 9.17) is 10.5 Å². The van der Waals surface area contributed by atoms with Crippen molar-refractivity contribution in [3.63, 3.8) is 0 Å². The van der Waals surface area contributed by atoms with E-state index in [9.17, 15) is 0 Å². The number of aromatic nitrogens is 4. The molecule has 0 saturated heterocycles. The second-order valence-corrected chi connectivity index (χ2v) is 4.75. The molecule has 0 radical (unpaired) electrons. The Kier molecular flexibility index (Phi) is 4.45. The summed E-state index contributed by atoms with van der Waals surface area (Å²) in [5, 5.41) is 0. The molecule has 0 amide bonds. The zero-order valence-corrected chi connectivity index (χ0v) is 12.0. The first kappa shape index (κ1) is 14.2. The fraction of sp³-hybridized carbons (Fsp3) is 0.429. The highest BCUT2D eigenvalue weighted by molar-refractivity contribution is 5.22. The lowest BCUT2D eigenvalue weighted by atomic mass is 10.2. The maximum atomic E-state index is 5.67. The van der Waals surface area contributed by atoms with E-state index in [1.165, 1.54) is 5.56 Å². The third kappa shape index (κ3) is 3.88. The van der Waals surface area contributed by atoms with Crippen molar-refractivity contribution in [2.75, 3.05) is 5.73 Å². The Morgan fingerprint density at radius 1 is 1.20 bits per heavy atom. The number of hydrogen-bond acceptors (Lipinski definition) is 6. The first-order valence-corrected chi connectivity index (χ1v) is 6.67. The quantitative estimate of drug-likeness (QED) is 0.893. The van der Waals surface area contributed by atoms with Crippen molar-refractivity contribution in [1.82, 2.24) is 19.9 Å². The van der Waals surface area contributed by atoms with Crippen molar-refractivity contribution in [1.29, 1.82) is 0 Å². The van der Waals surface area contributed by atoms with Crippen LogP contribution in [-0.4, -0.2) is 26.0 Å². The number of pyridine rings is 1. The molecule has 6 heteroatoms. The van der Waals surface area contributed by atoms with Crippen molar-refractivity contribution in [2.24, 2.45) is 0 Å². The molecule has 20 heavy (non-hydrogen) atoms. The average Bonchev–Trinajstić information content (AvgIpc) is 2.38. The molecule has 0 saturated carbocycles. The van der Waals surface area contributed by atoms with Crippen LogP contribution in [0.25, 0.3) is 0 Å². The van der Waals surface area contributed by atoms with Gasteiger partial charge in [0.2, 0.25) is 5.95 Å². The monoisotopic (exact) mass is 273 g/mol. The highest BCUT2D eigenvalue weighted by atomic mass is 16.5. The first-order valence-electron chi connectivity index (χ1n) is 6.67. The van der Waals surface area contributed by atoms with Crippen molar-refractivity contribution in [3.05, 3.63) is 35.4 Å². The largest absolute Gasteiger partial charge is 0.461 e. The molecule has 106 valence electrons. The smallest absolute Gasteiger partial charge is 0.321 e. The molecule has 0 bridgehead atoms. The zero-order chi connectivity index (χ0) is 14.5. The molecule has 2 aromatic heterocycles. The topological polar surface area (TPSA) is 86.8 Å². The molecule has 0 fully saturated rings. The average molecular weight is 273 g/mol. The molecule has 2 N–H and O–H groups in total. The Balaban J connectivity index is 2.17. The standard InChI is InChI=1S/C14H19N5O/c1-4-10-5-6-11(16-8-10)7-12-17-13(15)19-14(18-12)20-9(2)3/h5-6,8-9H,4,7H2,1-3H3,(H2,15,17,18,19). The fourth-order valence-electron chi connectivity index (χ4n) is 1.69. The van der Waals surface area contributed by atoms with Crippen LogP contribution in [-0.2, 0) is 12.8 Å². The van der Waals surface area contributed by atoms with Gasteiger partial charge in [-0.1, -0.05) is 13.0 Å². The van der Waals surface area contributed by atoms with E-state index in [-0.39, 0.29) is 18.1 Å². The number of anilines is 1. The highest BCUT2D eigenvalue weighted by Crippen LogP contribution is 2.11. The van der Waals surface area contributed by atoms with Crippen LogP contribution in [0.3, 0.4) is 0 Å². The number of aryl methyl sites for hydroxylation is 1. The van der Waals surface area contributed by atoms with Crippen LogP contribution in [0.15, 0.2) is 18.3 Å². The van der Waals surface area contributed by atoms with Crippen LogP contribution >= 0.6 is 0 Å². The van der Waals surface area contributed by atoms with Crippen LogP contribution in [0.4, 0.5) is 5.95 Å². The summed E-state index contributed by atoms with van der Waals surface area (Å²) in [5.74, 6) is 0.723. The lowest BCUT2D eigenvalue weighted by Gasteiger charge is -2.09. The summed E-state index contributed by atoms with van der Waals surface area (Å²) < 4.78 is 5.45. The van der Waals surface area contributed by atoms with Gasteiger partial charge in [0.05, 0.1) is 12.5 Å². The Hall–Kier alpha value is -2.24. The van der Waals surface area contributed by atoms with Crippen molar-refractivity contribution >= 4 is 5.95 Å². The summed E-state index contributed by atoms with van der Waals surface area (Å²) in [6.45, 7) is 5.91. The van der Waals surface area contributed by atoms with E-state index in [0.717, 1.165) is 12.1 Å². The van der Waals surface area contributed by atoms with Gasteiger partial charge < -0.3 is 10.5 Å². The number of rotatable bonds is 5. The van der Waals surface area contributed by atoms with Crippen molar-refractivity contribution in [3.8, 4) is 6.01 Å². The third-order valence-electron chi connectivity index (χ3n) is 2.65. The molecular weight excluding hydrogens is 254 g/mol. The van der Waals surface area contributed by atoms with Gasteiger partial charge in [-0.15, -0.1) is 0 Å². The predicted octanol–water partition coefficient (Wildman–Crippen LogP) is 1.79. The summed E-state index contributed by atoms with van der Waals surface area (Å²) >= 11 is 0. The maximum Gasteiger partial charge on any atom is 0.321 e. The minimum atomic E-state index is -0.00777. The summed E-state index contributed by atoms with van der Waals surface area (Å²) in [7, 11) is 0. The van der Waals surface area contributed by atoms with Gasteiger partial charge in [-0.2, -0.15) is 15.0 Å². The molecule has 6 nitrogen and oxygen atoms in total. The lowest BCUT2D eigenvalue weighted by Crippen LogP contribution is -2.12. The predicted molar refractivity (Wildman–Crippen MR) is 76.4 cm³/mol.